The minimum atomic E-state index is -0.990. The van der Waals surface area contributed by atoms with Gasteiger partial charge in [-0.15, -0.1) is 0 Å². The maximum absolute atomic E-state index is 11.3. The van der Waals surface area contributed by atoms with Crippen LogP contribution in [0.1, 0.15) is 0 Å². The molecule has 2 heterocycles. The first-order valence-corrected chi connectivity index (χ1v) is 7.35. The molecular weight excluding hydrogens is 233 g/mol. The summed E-state index contributed by atoms with van der Waals surface area (Å²) in [5, 5.41) is 1.05. The van der Waals surface area contributed by atoms with Crippen LogP contribution >= 0.6 is 7.80 Å². The zero-order valence-electron chi connectivity index (χ0n) is 9.41. The highest BCUT2D eigenvalue weighted by atomic mass is 31.1. The lowest BCUT2D eigenvalue weighted by molar-refractivity contribution is 0.581. The Labute approximate surface area is 100 Å². The number of para-hydroxylation sites is 1. The highest BCUT2D eigenvalue weighted by Gasteiger charge is 2.26. The van der Waals surface area contributed by atoms with Crippen molar-refractivity contribution in [3.05, 3.63) is 30.5 Å². The number of aromatic nitrogens is 2. The second kappa shape index (κ2) is 4.38. The number of nitrogens with zero attached hydrogens (tertiary/aromatic N) is 3. The predicted octanol–water partition coefficient (Wildman–Crippen LogP) is 2.28. The molecule has 1 aromatic heterocycles. The molecule has 1 fully saturated rings. The van der Waals surface area contributed by atoms with Crippen molar-refractivity contribution < 1.29 is 4.57 Å². The normalized spacial score (nSPS) is 16.5. The fraction of sp³-hybridized carbons (Fsp3) is 0.333. The summed E-state index contributed by atoms with van der Waals surface area (Å²) in [6.07, 6.45) is 3.36. The van der Waals surface area contributed by atoms with Crippen LogP contribution in [0.5, 0.6) is 0 Å². The molecule has 3 rings (SSSR count). The van der Waals surface area contributed by atoms with Crippen molar-refractivity contribution >= 4 is 24.7 Å². The lowest BCUT2D eigenvalue weighted by atomic mass is 10.2. The molecular formula is C12H13N3OP+. The molecule has 1 aromatic carbocycles. The number of rotatable bonds is 1. The van der Waals surface area contributed by atoms with E-state index in [9.17, 15) is 4.57 Å². The van der Waals surface area contributed by atoms with Gasteiger partial charge in [0.25, 0.3) is 0 Å². The van der Waals surface area contributed by atoms with Crippen LogP contribution in [-0.4, -0.2) is 35.4 Å². The average Bonchev–Trinajstić information content (AvgIpc) is 2.39. The van der Waals surface area contributed by atoms with Gasteiger partial charge < -0.3 is 4.90 Å². The van der Waals surface area contributed by atoms with Crippen molar-refractivity contribution in [2.45, 2.75) is 0 Å². The highest BCUT2D eigenvalue weighted by molar-refractivity contribution is 7.44. The van der Waals surface area contributed by atoms with Crippen molar-refractivity contribution in [2.24, 2.45) is 0 Å². The van der Waals surface area contributed by atoms with E-state index in [1.165, 1.54) is 0 Å². The third kappa shape index (κ3) is 2.13. The Balaban J connectivity index is 1.92. The molecule has 1 aliphatic rings. The summed E-state index contributed by atoms with van der Waals surface area (Å²) in [6, 6.07) is 7.96. The van der Waals surface area contributed by atoms with Crippen LogP contribution < -0.4 is 4.90 Å². The zero-order valence-corrected chi connectivity index (χ0v) is 10.3. The summed E-state index contributed by atoms with van der Waals surface area (Å²) in [6.45, 7) is 1.60. The average molecular weight is 246 g/mol. The summed E-state index contributed by atoms with van der Waals surface area (Å²) < 4.78 is 11.3. The van der Waals surface area contributed by atoms with Gasteiger partial charge in [-0.3, -0.25) is 0 Å². The molecule has 0 saturated carbocycles. The van der Waals surface area contributed by atoms with Crippen LogP contribution in [0, 0.1) is 0 Å². The summed E-state index contributed by atoms with van der Waals surface area (Å²) in [5.74, 6) is 0.756. The number of hydrogen-bond donors (Lipinski definition) is 0. The molecule has 1 aliphatic heterocycles. The number of benzene rings is 1. The van der Waals surface area contributed by atoms with Crippen LogP contribution in [0.4, 0.5) is 5.95 Å². The van der Waals surface area contributed by atoms with E-state index in [4.69, 9.17) is 0 Å². The van der Waals surface area contributed by atoms with Gasteiger partial charge in [0.2, 0.25) is 5.95 Å². The van der Waals surface area contributed by atoms with Crippen molar-refractivity contribution in [2.75, 3.05) is 30.3 Å². The quantitative estimate of drug-likeness (QED) is 0.724. The second-order valence-electron chi connectivity index (χ2n) is 4.14. The van der Waals surface area contributed by atoms with Crippen LogP contribution in [-0.2, 0) is 4.57 Å². The van der Waals surface area contributed by atoms with Crippen molar-refractivity contribution in [3.63, 3.8) is 0 Å². The molecule has 0 radical (unpaired) electrons. The van der Waals surface area contributed by atoms with E-state index in [0.29, 0.717) is 0 Å². The van der Waals surface area contributed by atoms with E-state index in [-0.39, 0.29) is 0 Å². The van der Waals surface area contributed by atoms with Gasteiger partial charge in [-0.1, -0.05) is 22.8 Å². The fourth-order valence-corrected chi connectivity index (χ4v) is 3.16. The van der Waals surface area contributed by atoms with Crippen molar-refractivity contribution in [1.29, 1.82) is 0 Å². The fourth-order valence-electron chi connectivity index (χ4n) is 2.00. The minimum Gasteiger partial charge on any atom is -0.332 e. The summed E-state index contributed by atoms with van der Waals surface area (Å²) >= 11 is 0. The standard InChI is InChI=1S/C12H13N3OP/c16-17-7-5-15(6-8-17)12-13-9-10-3-1-2-4-11(10)14-12/h1-4,9H,5-8H2/q+1. The number of fused-ring (bicyclic) bond motifs is 1. The Bertz CT molecular complexity index is 562. The molecule has 1 saturated heterocycles. The van der Waals surface area contributed by atoms with Gasteiger partial charge in [-0.25, -0.2) is 9.97 Å². The van der Waals surface area contributed by atoms with E-state index in [1.807, 2.05) is 30.5 Å². The van der Waals surface area contributed by atoms with E-state index in [1.54, 1.807) is 0 Å². The Morgan fingerprint density at radius 3 is 2.76 bits per heavy atom. The molecule has 86 valence electrons. The van der Waals surface area contributed by atoms with Gasteiger partial charge in [0.05, 0.1) is 18.6 Å². The third-order valence-electron chi connectivity index (χ3n) is 3.00. The second-order valence-corrected chi connectivity index (χ2v) is 6.00. The van der Waals surface area contributed by atoms with Crippen molar-refractivity contribution in [3.8, 4) is 0 Å². The molecule has 2 aromatic rings. The molecule has 0 amide bonds. The van der Waals surface area contributed by atoms with E-state index < -0.39 is 7.80 Å². The molecule has 0 spiro atoms. The third-order valence-corrected chi connectivity index (χ3v) is 4.40. The van der Waals surface area contributed by atoms with Gasteiger partial charge in [0.1, 0.15) is 0 Å². The molecule has 0 atom stereocenters. The van der Waals surface area contributed by atoms with Crippen molar-refractivity contribution in [1.82, 2.24) is 9.97 Å². The summed E-state index contributed by atoms with van der Waals surface area (Å²) in [5.41, 5.74) is 0.965. The Morgan fingerprint density at radius 1 is 1.18 bits per heavy atom. The maximum atomic E-state index is 11.3. The Kier molecular flexibility index (Phi) is 2.73. The zero-order chi connectivity index (χ0) is 11.7. The number of hydrogen-bond acceptors (Lipinski definition) is 4. The van der Waals surface area contributed by atoms with Gasteiger partial charge in [-0.05, 0) is 6.07 Å². The van der Waals surface area contributed by atoms with E-state index >= 15 is 0 Å². The minimum absolute atomic E-state index is 0.755. The SMILES string of the molecule is O=[P+]1CCN(c2ncc3ccccc3n2)CC1. The first-order valence-electron chi connectivity index (χ1n) is 5.72. The summed E-state index contributed by atoms with van der Waals surface area (Å²) in [7, 11) is -0.990. The first-order chi connectivity index (χ1) is 8.33. The number of anilines is 1. The highest BCUT2D eigenvalue weighted by Crippen LogP contribution is 2.26. The Morgan fingerprint density at radius 2 is 1.94 bits per heavy atom. The van der Waals surface area contributed by atoms with Crippen LogP contribution in [0.3, 0.4) is 0 Å². The first kappa shape index (κ1) is 10.6. The van der Waals surface area contributed by atoms with Crippen LogP contribution in [0.2, 0.25) is 0 Å². The predicted molar refractivity (Wildman–Crippen MR) is 69.1 cm³/mol. The lowest BCUT2D eigenvalue weighted by Gasteiger charge is -2.21. The smallest absolute Gasteiger partial charge is 0.332 e. The van der Waals surface area contributed by atoms with Crippen LogP contribution in [0.15, 0.2) is 30.5 Å². The molecule has 4 nitrogen and oxygen atoms in total. The summed E-state index contributed by atoms with van der Waals surface area (Å²) in [4.78, 5) is 11.0. The molecule has 0 N–H and O–H groups in total. The maximum Gasteiger partial charge on any atom is 0.342 e. The van der Waals surface area contributed by atoms with Crippen LogP contribution in [0.25, 0.3) is 10.9 Å². The topological polar surface area (TPSA) is 46.1 Å². The molecule has 0 aliphatic carbocycles. The van der Waals surface area contributed by atoms with Gasteiger partial charge in [-0.2, -0.15) is 0 Å². The molecule has 5 heteroatoms. The lowest BCUT2D eigenvalue weighted by Crippen LogP contribution is -2.33. The van der Waals surface area contributed by atoms with Gasteiger partial charge >= 0.3 is 7.80 Å². The molecule has 17 heavy (non-hydrogen) atoms. The van der Waals surface area contributed by atoms with Gasteiger partial charge in [0.15, 0.2) is 12.3 Å². The molecule has 0 unspecified atom stereocenters. The van der Waals surface area contributed by atoms with E-state index in [0.717, 1.165) is 42.3 Å². The van der Waals surface area contributed by atoms with Gasteiger partial charge in [0, 0.05) is 11.6 Å². The molecule has 0 bridgehead atoms. The van der Waals surface area contributed by atoms with E-state index in [2.05, 4.69) is 14.9 Å². The largest absolute Gasteiger partial charge is 0.342 e. The monoisotopic (exact) mass is 246 g/mol. The Hall–Kier alpha value is -1.54.